The van der Waals surface area contributed by atoms with Crippen molar-refractivity contribution in [2.24, 2.45) is 0 Å². The molecule has 0 saturated carbocycles. The molecule has 0 fully saturated rings. The van der Waals surface area contributed by atoms with E-state index in [-0.39, 0.29) is 5.91 Å². The Morgan fingerprint density at radius 3 is 2.89 bits per heavy atom. The molecule has 0 radical (unpaired) electrons. The van der Waals surface area contributed by atoms with Gasteiger partial charge in [-0.2, -0.15) is 0 Å². The summed E-state index contributed by atoms with van der Waals surface area (Å²) in [6.07, 6.45) is 0.791. The SMILES string of the molecule is Cc1nc(C(=O)N2CCc3nc(Br)sc3C2)c(C)o1. The van der Waals surface area contributed by atoms with Crippen molar-refractivity contribution in [3.8, 4) is 0 Å². The van der Waals surface area contributed by atoms with Crippen LogP contribution in [0, 0.1) is 13.8 Å². The maximum absolute atomic E-state index is 12.4. The highest BCUT2D eigenvalue weighted by Crippen LogP contribution is 2.29. The van der Waals surface area contributed by atoms with Crippen LogP contribution in [-0.4, -0.2) is 27.3 Å². The van der Waals surface area contributed by atoms with Crippen molar-refractivity contribution in [3.63, 3.8) is 0 Å². The molecule has 1 aliphatic heterocycles. The molecule has 0 aromatic carbocycles. The number of hydrogen-bond donors (Lipinski definition) is 0. The molecule has 1 aliphatic rings. The number of oxazole rings is 1. The van der Waals surface area contributed by atoms with Crippen LogP contribution in [0.25, 0.3) is 0 Å². The van der Waals surface area contributed by atoms with Crippen LogP contribution in [0.15, 0.2) is 8.33 Å². The first kappa shape index (κ1) is 12.8. The van der Waals surface area contributed by atoms with E-state index in [1.807, 2.05) is 0 Å². The van der Waals surface area contributed by atoms with E-state index in [1.165, 1.54) is 0 Å². The Balaban J connectivity index is 1.85. The van der Waals surface area contributed by atoms with Crippen molar-refractivity contribution < 1.29 is 9.21 Å². The van der Waals surface area contributed by atoms with Crippen molar-refractivity contribution in [2.45, 2.75) is 26.8 Å². The maximum Gasteiger partial charge on any atom is 0.276 e. The first-order chi connectivity index (χ1) is 9.04. The number of amides is 1. The molecule has 19 heavy (non-hydrogen) atoms. The molecule has 100 valence electrons. The lowest BCUT2D eigenvalue weighted by Gasteiger charge is -2.25. The molecule has 0 spiro atoms. The molecule has 7 heteroatoms. The van der Waals surface area contributed by atoms with E-state index in [0.717, 1.165) is 20.9 Å². The van der Waals surface area contributed by atoms with Crippen molar-refractivity contribution in [2.75, 3.05) is 6.54 Å². The van der Waals surface area contributed by atoms with E-state index in [0.29, 0.717) is 30.4 Å². The smallest absolute Gasteiger partial charge is 0.276 e. The topological polar surface area (TPSA) is 59.2 Å². The molecular weight excluding hydrogens is 330 g/mol. The molecule has 5 nitrogen and oxygen atoms in total. The molecular formula is C12H12BrN3O2S. The molecule has 3 heterocycles. The van der Waals surface area contributed by atoms with Crippen LogP contribution in [0.3, 0.4) is 0 Å². The lowest BCUT2D eigenvalue weighted by molar-refractivity contribution is 0.0729. The summed E-state index contributed by atoms with van der Waals surface area (Å²) in [5.74, 6) is 1.04. The van der Waals surface area contributed by atoms with Crippen molar-refractivity contribution >= 4 is 33.2 Å². The van der Waals surface area contributed by atoms with Crippen LogP contribution in [0.4, 0.5) is 0 Å². The second-order valence-corrected chi connectivity index (χ2v) is 6.81. The third-order valence-electron chi connectivity index (χ3n) is 3.10. The molecule has 1 amide bonds. The number of carbonyl (C=O) groups is 1. The maximum atomic E-state index is 12.4. The van der Waals surface area contributed by atoms with Gasteiger partial charge in [0.1, 0.15) is 5.76 Å². The third-order valence-corrected chi connectivity index (χ3v) is 4.63. The number of rotatable bonds is 1. The van der Waals surface area contributed by atoms with Crippen molar-refractivity contribution in [3.05, 3.63) is 31.8 Å². The number of aromatic nitrogens is 2. The lowest BCUT2D eigenvalue weighted by atomic mass is 10.1. The number of nitrogens with zero attached hydrogens (tertiary/aromatic N) is 3. The zero-order valence-electron chi connectivity index (χ0n) is 10.6. The summed E-state index contributed by atoms with van der Waals surface area (Å²) in [4.78, 5) is 23.9. The first-order valence-electron chi connectivity index (χ1n) is 5.92. The summed E-state index contributed by atoms with van der Waals surface area (Å²) in [5.41, 5.74) is 1.51. The Labute approximate surface area is 122 Å². The molecule has 0 atom stereocenters. The summed E-state index contributed by atoms with van der Waals surface area (Å²) < 4.78 is 6.20. The van der Waals surface area contributed by atoms with Gasteiger partial charge in [0.15, 0.2) is 15.5 Å². The third kappa shape index (κ3) is 2.32. The number of hydrogen-bond acceptors (Lipinski definition) is 5. The van der Waals surface area contributed by atoms with Crippen LogP contribution in [-0.2, 0) is 13.0 Å². The summed E-state index contributed by atoms with van der Waals surface area (Å²) in [6.45, 7) is 4.79. The molecule has 3 rings (SSSR count). The Kier molecular flexibility index (Phi) is 3.18. The van der Waals surface area contributed by atoms with Crippen LogP contribution in [0.2, 0.25) is 0 Å². The van der Waals surface area contributed by atoms with E-state index in [1.54, 1.807) is 30.1 Å². The van der Waals surface area contributed by atoms with Gasteiger partial charge < -0.3 is 9.32 Å². The Morgan fingerprint density at radius 2 is 2.21 bits per heavy atom. The van der Waals surface area contributed by atoms with Gasteiger partial charge in [-0.1, -0.05) is 0 Å². The summed E-state index contributed by atoms with van der Waals surface area (Å²) >= 11 is 4.97. The summed E-state index contributed by atoms with van der Waals surface area (Å²) in [6, 6.07) is 0. The quantitative estimate of drug-likeness (QED) is 0.800. The van der Waals surface area contributed by atoms with Crippen molar-refractivity contribution in [1.29, 1.82) is 0 Å². The van der Waals surface area contributed by atoms with E-state index in [2.05, 4.69) is 25.9 Å². The molecule has 0 unspecified atom stereocenters. The monoisotopic (exact) mass is 341 g/mol. The molecule has 2 aromatic rings. The highest BCUT2D eigenvalue weighted by atomic mass is 79.9. The Morgan fingerprint density at radius 1 is 1.42 bits per heavy atom. The number of halogens is 1. The van der Waals surface area contributed by atoms with Gasteiger partial charge in [-0.3, -0.25) is 4.79 Å². The highest BCUT2D eigenvalue weighted by Gasteiger charge is 2.27. The number of fused-ring (bicyclic) bond motifs is 1. The van der Waals surface area contributed by atoms with Crippen LogP contribution in [0.1, 0.15) is 32.7 Å². The average molecular weight is 342 g/mol. The second kappa shape index (κ2) is 4.72. The van der Waals surface area contributed by atoms with E-state index < -0.39 is 0 Å². The van der Waals surface area contributed by atoms with Gasteiger partial charge >= 0.3 is 0 Å². The number of aryl methyl sites for hydroxylation is 2. The largest absolute Gasteiger partial charge is 0.445 e. The fourth-order valence-corrected chi connectivity index (χ4v) is 3.86. The van der Waals surface area contributed by atoms with Crippen LogP contribution in [0.5, 0.6) is 0 Å². The number of thiazole rings is 1. The van der Waals surface area contributed by atoms with E-state index in [9.17, 15) is 4.79 Å². The predicted molar refractivity (Wildman–Crippen MR) is 74.2 cm³/mol. The highest BCUT2D eigenvalue weighted by molar-refractivity contribution is 9.11. The Hall–Kier alpha value is -1.21. The molecule has 0 aliphatic carbocycles. The van der Waals surface area contributed by atoms with Gasteiger partial charge in [0.25, 0.3) is 5.91 Å². The molecule has 2 aromatic heterocycles. The lowest BCUT2D eigenvalue weighted by Crippen LogP contribution is -2.36. The Bertz CT molecular complexity index is 649. The van der Waals surface area contributed by atoms with Crippen LogP contribution >= 0.6 is 27.3 Å². The van der Waals surface area contributed by atoms with Crippen molar-refractivity contribution in [1.82, 2.24) is 14.9 Å². The number of carbonyl (C=O) groups excluding carboxylic acids is 1. The van der Waals surface area contributed by atoms with Gasteiger partial charge in [-0.15, -0.1) is 11.3 Å². The average Bonchev–Trinajstić information content (AvgIpc) is 2.88. The standard InChI is InChI=1S/C12H12BrN3O2S/c1-6-10(14-7(2)18-6)11(17)16-4-3-8-9(5-16)19-12(13)15-8/h3-5H2,1-2H3. The van der Waals surface area contributed by atoms with Gasteiger partial charge in [0.2, 0.25) is 0 Å². The minimum atomic E-state index is -0.0653. The summed E-state index contributed by atoms with van der Waals surface area (Å²) in [5, 5.41) is 0. The van der Waals surface area contributed by atoms with Gasteiger partial charge in [0, 0.05) is 24.8 Å². The molecule has 0 N–H and O–H groups in total. The van der Waals surface area contributed by atoms with Gasteiger partial charge in [-0.05, 0) is 22.9 Å². The second-order valence-electron chi connectivity index (χ2n) is 4.45. The fraction of sp³-hybridized carbons (Fsp3) is 0.417. The molecule has 0 bridgehead atoms. The van der Waals surface area contributed by atoms with E-state index >= 15 is 0 Å². The zero-order chi connectivity index (χ0) is 13.6. The normalized spacial score (nSPS) is 14.6. The van der Waals surface area contributed by atoms with Gasteiger partial charge in [0.05, 0.1) is 12.2 Å². The van der Waals surface area contributed by atoms with E-state index in [4.69, 9.17) is 4.42 Å². The molecule has 0 saturated heterocycles. The summed E-state index contributed by atoms with van der Waals surface area (Å²) in [7, 11) is 0. The first-order valence-corrected chi connectivity index (χ1v) is 7.53. The van der Waals surface area contributed by atoms with Gasteiger partial charge in [-0.25, -0.2) is 9.97 Å². The minimum Gasteiger partial charge on any atom is -0.445 e. The minimum absolute atomic E-state index is 0.0653. The van der Waals surface area contributed by atoms with Crippen LogP contribution < -0.4 is 0 Å². The predicted octanol–water partition coefficient (Wildman–Crippen LogP) is 2.71. The zero-order valence-corrected chi connectivity index (χ0v) is 13.0. The fourth-order valence-electron chi connectivity index (χ4n) is 2.21.